The van der Waals surface area contributed by atoms with Gasteiger partial charge in [0.2, 0.25) is 11.8 Å². The zero-order valence-corrected chi connectivity index (χ0v) is 24.7. The van der Waals surface area contributed by atoms with Gasteiger partial charge in [0.15, 0.2) is 0 Å². The fraction of sp³-hybridized carbons (Fsp3) is 0.355. The van der Waals surface area contributed by atoms with E-state index in [1.165, 1.54) is 11.1 Å². The number of carbonyl (C=O) groups is 2. The standard InChI is InChI=1S/C31H39N3O4S2/c1-37-28-12-14-29(15-13-28)38-19-18-34(22-30(35)32-16-20-39-24-26-8-4-2-5-9-26)23-31(36)33-17-21-40-25-27-10-6-3-7-11-27/h2-15H,16-25H2,1H3,(H,32,35)(H,33,36). The normalized spacial score (nSPS) is 10.8. The molecule has 0 saturated carbocycles. The van der Waals surface area contributed by atoms with Crippen LogP contribution in [0.1, 0.15) is 11.1 Å². The lowest BCUT2D eigenvalue weighted by atomic mass is 10.2. The Morgan fingerprint density at radius 2 is 1.18 bits per heavy atom. The van der Waals surface area contributed by atoms with E-state index in [4.69, 9.17) is 9.47 Å². The van der Waals surface area contributed by atoms with Crippen molar-refractivity contribution in [1.29, 1.82) is 0 Å². The van der Waals surface area contributed by atoms with Gasteiger partial charge in [-0.05, 0) is 35.4 Å². The second-order valence-electron chi connectivity index (χ2n) is 9.01. The summed E-state index contributed by atoms with van der Waals surface area (Å²) in [5, 5.41) is 5.96. The smallest absolute Gasteiger partial charge is 0.234 e. The summed E-state index contributed by atoms with van der Waals surface area (Å²) in [6, 6.07) is 27.9. The van der Waals surface area contributed by atoms with Crippen LogP contribution in [0.5, 0.6) is 11.5 Å². The molecule has 3 rings (SSSR count). The largest absolute Gasteiger partial charge is 0.497 e. The van der Waals surface area contributed by atoms with E-state index in [0.29, 0.717) is 32.0 Å². The molecule has 0 bridgehead atoms. The van der Waals surface area contributed by atoms with Gasteiger partial charge in [-0.15, -0.1) is 0 Å². The van der Waals surface area contributed by atoms with Crippen LogP contribution < -0.4 is 20.1 Å². The van der Waals surface area contributed by atoms with E-state index < -0.39 is 0 Å². The summed E-state index contributed by atoms with van der Waals surface area (Å²) < 4.78 is 11.0. The van der Waals surface area contributed by atoms with Crippen LogP contribution in [-0.4, -0.2) is 74.7 Å². The second-order valence-corrected chi connectivity index (χ2v) is 11.2. The average molecular weight is 582 g/mol. The Morgan fingerprint density at radius 1 is 0.700 bits per heavy atom. The second kappa shape index (κ2) is 19.0. The SMILES string of the molecule is COc1ccc(OCCN(CC(=O)NCCSCc2ccccc2)CC(=O)NCCSCc2ccccc2)cc1. The maximum absolute atomic E-state index is 12.7. The molecular formula is C31H39N3O4S2. The van der Waals surface area contributed by atoms with Crippen molar-refractivity contribution in [2.75, 3.05) is 57.9 Å². The first-order valence-corrected chi connectivity index (χ1v) is 15.7. The molecule has 2 N–H and O–H groups in total. The number of hydrogen-bond donors (Lipinski definition) is 2. The van der Waals surface area contributed by atoms with E-state index >= 15 is 0 Å². The average Bonchev–Trinajstić information content (AvgIpc) is 2.98. The van der Waals surface area contributed by atoms with Crippen molar-refractivity contribution < 1.29 is 19.1 Å². The maximum atomic E-state index is 12.7. The first-order valence-electron chi connectivity index (χ1n) is 13.4. The lowest BCUT2D eigenvalue weighted by Gasteiger charge is -2.21. The topological polar surface area (TPSA) is 79.9 Å². The Balaban J connectivity index is 1.38. The molecule has 2 amide bonds. The minimum atomic E-state index is -0.101. The number of hydrogen-bond acceptors (Lipinski definition) is 7. The minimum Gasteiger partial charge on any atom is -0.497 e. The summed E-state index contributed by atoms with van der Waals surface area (Å²) in [5.74, 6) is 4.73. The number of nitrogens with one attached hydrogen (secondary N) is 2. The number of benzene rings is 3. The number of rotatable bonds is 19. The van der Waals surface area contributed by atoms with Crippen molar-refractivity contribution in [3.05, 3.63) is 96.1 Å². The van der Waals surface area contributed by atoms with Gasteiger partial charge in [0.05, 0.1) is 20.2 Å². The third-order valence-corrected chi connectivity index (χ3v) is 7.89. The molecule has 7 nitrogen and oxygen atoms in total. The third kappa shape index (κ3) is 13.3. The first kappa shape index (κ1) is 31.4. The van der Waals surface area contributed by atoms with Crippen molar-refractivity contribution >= 4 is 35.3 Å². The van der Waals surface area contributed by atoms with Crippen LogP contribution in [0.3, 0.4) is 0 Å². The van der Waals surface area contributed by atoms with Crippen molar-refractivity contribution in [2.24, 2.45) is 0 Å². The van der Waals surface area contributed by atoms with Crippen LogP contribution in [0.4, 0.5) is 0 Å². The molecule has 214 valence electrons. The highest BCUT2D eigenvalue weighted by Crippen LogP contribution is 2.17. The minimum absolute atomic E-state index is 0.101. The van der Waals surface area contributed by atoms with Crippen LogP contribution in [0.15, 0.2) is 84.9 Å². The molecule has 0 aliphatic rings. The Morgan fingerprint density at radius 3 is 1.65 bits per heavy atom. The fourth-order valence-electron chi connectivity index (χ4n) is 3.75. The van der Waals surface area contributed by atoms with E-state index in [1.54, 1.807) is 30.6 Å². The lowest BCUT2D eigenvalue weighted by Crippen LogP contribution is -2.45. The van der Waals surface area contributed by atoms with Gasteiger partial charge in [-0.1, -0.05) is 60.7 Å². The van der Waals surface area contributed by atoms with Crippen molar-refractivity contribution in [2.45, 2.75) is 11.5 Å². The van der Waals surface area contributed by atoms with Gasteiger partial charge in [-0.2, -0.15) is 23.5 Å². The maximum Gasteiger partial charge on any atom is 0.234 e. The number of nitrogens with zero attached hydrogens (tertiary/aromatic N) is 1. The summed E-state index contributed by atoms with van der Waals surface area (Å²) in [6.07, 6.45) is 0. The Hall–Kier alpha value is -3.14. The third-order valence-electron chi connectivity index (χ3n) is 5.83. The fourth-order valence-corrected chi connectivity index (χ4v) is 5.39. The van der Waals surface area contributed by atoms with Crippen molar-refractivity contribution in [3.8, 4) is 11.5 Å². The molecule has 0 aromatic heterocycles. The molecule has 0 heterocycles. The molecule has 0 atom stereocenters. The summed E-state index contributed by atoms with van der Waals surface area (Å²) in [5.41, 5.74) is 2.54. The van der Waals surface area contributed by atoms with E-state index in [2.05, 4.69) is 34.9 Å². The van der Waals surface area contributed by atoms with Gasteiger partial charge in [0.25, 0.3) is 0 Å². The molecule has 0 aliphatic heterocycles. The number of amides is 2. The highest BCUT2D eigenvalue weighted by atomic mass is 32.2. The molecule has 0 aliphatic carbocycles. The van der Waals surface area contributed by atoms with Crippen LogP contribution in [0, 0.1) is 0 Å². The highest BCUT2D eigenvalue weighted by Gasteiger charge is 2.15. The van der Waals surface area contributed by atoms with Crippen molar-refractivity contribution in [3.63, 3.8) is 0 Å². The van der Waals surface area contributed by atoms with Crippen LogP contribution >= 0.6 is 23.5 Å². The van der Waals surface area contributed by atoms with Crippen LogP contribution in [-0.2, 0) is 21.1 Å². The summed E-state index contributed by atoms with van der Waals surface area (Å²) in [7, 11) is 1.62. The predicted octanol–water partition coefficient (Wildman–Crippen LogP) is 4.48. The number of ether oxygens (including phenoxy) is 2. The number of thioether (sulfide) groups is 2. The summed E-state index contributed by atoms with van der Waals surface area (Å²) >= 11 is 3.56. The monoisotopic (exact) mass is 581 g/mol. The summed E-state index contributed by atoms with van der Waals surface area (Å²) in [4.78, 5) is 27.1. The quantitative estimate of drug-likeness (QED) is 0.202. The molecule has 3 aromatic carbocycles. The molecule has 0 radical (unpaired) electrons. The van der Waals surface area contributed by atoms with Gasteiger partial charge in [-0.3, -0.25) is 14.5 Å². The van der Waals surface area contributed by atoms with Crippen LogP contribution in [0.2, 0.25) is 0 Å². The highest BCUT2D eigenvalue weighted by molar-refractivity contribution is 7.98. The molecule has 0 saturated heterocycles. The van der Waals surface area contributed by atoms with Gasteiger partial charge in [0, 0.05) is 42.6 Å². The van der Waals surface area contributed by atoms with Gasteiger partial charge >= 0.3 is 0 Å². The molecule has 9 heteroatoms. The van der Waals surface area contributed by atoms with E-state index in [-0.39, 0.29) is 24.9 Å². The molecular weight excluding hydrogens is 542 g/mol. The molecule has 3 aromatic rings. The molecule has 0 fully saturated rings. The number of methoxy groups -OCH3 is 1. The van der Waals surface area contributed by atoms with Gasteiger partial charge in [-0.25, -0.2) is 0 Å². The van der Waals surface area contributed by atoms with Crippen LogP contribution in [0.25, 0.3) is 0 Å². The zero-order valence-electron chi connectivity index (χ0n) is 23.1. The Kier molecular flexibility index (Phi) is 14.9. The first-order chi connectivity index (χ1) is 19.6. The van der Waals surface area contributed by atoms with E-state index in [0.717, 1.165) is 28.8 Å². The Bertz CT molecular complexity index is 1050. The molecule has 40 heavy (non-hydrogen) atoms. The van der Waals surface area contributed by atoms with E-state index in [9.17, 15) is 9.59 Å². The van der Waals surface area contributed by atoms with Crippen molar-refractivity contribution in [1.82, 2.24) is 15.5 Å². The zero-order chi connectivity index (χ0) is 28.3. The summed E-state index contributed by atoms with van der Waals surface area (Å²) in [6.45, 7) is 2.22. The predicted molar refractivity (Wildman–Crippen MR) is 166 cm³/mol. The van der Waals surface area contributed by atoms with Gasteiger partial charge in [0.1, 0.15) is 18.1 Å². The van der Waals surface area contributed by atoms with E-state index in [1.807, 2.05) is 65.6 Å². The lowest BCUT2D eigenvalue weighted by molar-refractivity contribution is -0.125. The number of carbonyl (C=O) groups excluding carboxylic acids is 2. The molecule has 0 unspecified atom stereocenters. The van der Waals surface area contributed by atoms with Gasteiger partial charge < -0.3 is 20.1 Å². The Labute approximate surface area is 246 Å². The molecule has 0 spiro atoms.